The molecular weight excluding hydrogens is 316 g/mol. The lowest BCUT2D eigenvalue weighted by molar-refractivity contribution is -0.128. The third-order valence-corrected chi connectivity index (χ3v) is 3.83. The second-order valence-corrected chi connectivity index (χ2v) is 5.91. The van der Waals surface area contributed by atoms with Gasteiger partial charge in [0, 0.05) is 38.4 Å². The molecule has 25 heavy (non-hydrogen) atoms. The van der Waals surface area contributed by atoms with Crippen LogP contribution in [0.25, 0.3) is 0 Å². The first-order chi connectivity index (χ1) is 12.0. The highest BCUT2D eigenvalue weighted by atomic mass is 16.2. The molecule has 2 N–H and O–H groups in total. The topological polar surface area (TPSA) is 74.3 Å². The maximum Gasteiger partial charge on any atom is 0.315 e. The largest absolute Gasteiger partial charge is 0.344 e. The molecule has 0 aliphatic heterocycles. The first-order valence-electron chi connectivity index (χ1n) is 8.25. The van der Waals surface area contributed by atoms with Crippen molar-refractivity contribution in [1.29, 1.82) is 0 Å². The fourth-order valence-corrected chi connectivity index (χ4v) is 2.19. The minimum atomic E-state index is -0.355. The van der Waals surface area contributed by atoms with Gasteiger partial charge in [-0.05, 0) is 24.6 Å². The van der Waals surface area contributed by atoms with Crippen LogP contribution in [-0.2, 0) is 17.8 Å². The van der Waals surface area contributed by atoms with Crippen LogP contribution in [0.15, 0.2) is 48.7 Å². The zero-order valence-electron chi connectivity index (χ0n) is 14.7. The highest BCUT2D eigenvalue weighted by Crippen LogP contribution is 2.02. The van der Waals surface area contributed by atoms with Gasteiger partial charge in [0.05, 0.1) is 6.54 Å². The number of hydrogen-bond acceptors (Lipinski definition) is 3. The Kier molecular flexibility index (Phi) is 6.95. The molecule has 1 heterocycles. The van der Waals surface area contributed by atoms with E-state index in [2.05, 4.69) is 15.6 Å². The number of pyridine rings is 1. The highest BCUT2D eigenvalue weighted by molar-refractivity contribution is 5.83. The van der Waals surface area contributed by atoms with Crippen LogP contribution in [0.4, 0.5) is 4.79 Å². The number of aromatic nitrogens is 1. The molecule has 132 valence electrons. The Labute approximate surface area is 148 Å². The van der Waals surface area contributed by atoms with Crippen molar-refractivity contribution in [2.45, 2.75) is 19.9 Å². The smallest absolute Gasteiger partial charge is 0.315 e. The van der Waals surface area contributed by atoms with Gasteiger partial charge in [-0.25, -0.2) is 4.79 Å². The minimum absolute atomic E-state index is 0.0293. The van der Waals surface area contributed by atoms with Crippen molar-refractivity contribution in [2.75, 3.05) is 20.1 Å². The Bertz CT molecular complexity index is 686. The van der Waals surface area contributed by atoms with Gasteiger partial charge in [-0.3, -0.25) is 9.78 Å². The summed E-state index contributed by atoms with van der Waals surface area (Å²) in [5.74, 6) is -0.138. The van der Waals surface area contributed by atoms with E-state index in [1.165, 1.54) is 5.56 Å². The fraction of sp³-hybridized carbons (Fsp3) is 0.316. The van der Waals surface area contributed by atoms with Crippen LogP contribution < -0.4 is 10.6 Å². The molecule has 0 fully saturated rings. The normalized spacial score (nSPS) is 10.2. The van der Waals surface area contributed by atoms with E-state index < -0.39 is 0 Å². The average molecular weight is 340 g/mol. The summed E-state index contributed by atoms with van der Waals surface area (Å²) < 4.78 is 0. The zero-order chi connectivity index (χ0) is 18.1. The molecule has 2 aromatic rings. The van der Waals surface area contributed by atoms with E-state index in [1.54, 1.807) is 18.1 Å². The number of amides is 3. The number of nitrogens with zero attached hydrogens (tertiary/aromatic N) is 2. The second kappa shape index (κ2) is 9.42. The number of likely N-dealkylation sites (N-methyl/N-ethyl adjacent to an activating group) is 1. The predicted molar refractivity (Wildman–Crippen MR) is 97.0 cm³/mol. The van der Waals surface area contributed by atoms with Gasteiger partial charge in [0.2, 0.25) is 5.91 Å². The molecule has 1 aromatic carbocycles. The summed E-state index contributed by atoms with van der Waals surface area (Å²) in [6.45, 7) is 2.97. The molecule has 0 bridgehead atoms. The maximum absolute atomic E-state index is 12.0. The van der Waals surface area contributed by atoms with E-state index in [0.29, 0.717) is 19.5 Å². The molecule has 0 aliphatic rings. The molecule has 2 rings (SSSR count). The van der Waals surface area contributed by atoms with Gasteiger partial charge in [0.15, 0.2) is 0 Å². The van der Waals surface area contributed by atoms with Crippen LogP contribution >= 0.6 is 0 Å². The fourth-order valence-electron chi connectivity index (χ4n) is 2.19. The molecule has 0 saturated heterocycles. The van der Waals surface area contributed by atoms with Crippen LogP contribution in [-0.4, -0.2) is 42.0 Å². The van der Waals surface area contributed by atoms with Crippen molar-refractivity contribution in [3.63, 3.8) is 0 Å². The number of nitrogens with one attached hydrogen (secondary N) is 2. The molecule has 0 atom stereocenters. The van der Waals surface area contributed by atoms with E-state index in [4.69, 9.17) is 0 Å². The van der Waals surface area contributed by atoms with Crippen LogP contribution in [0.1, 0.15) is 16.8 Å². The average Bonchev–Trinajstić information content (AvgIpc) is 2.64. The van der Waals surface area contributed by atoms with Gasteiger partial charge in [-0.1, -0.05) is 35.9 Å². The predicted octanol–water partition coefficient (Wildman–Crippen LogP) is 1.89. The molecule has 0 spiro atoms. The summed E-state index contributed by atoms with van der Waals surface area (Å²) >= 11 is 0. The number of benzene rings is 1. The van der Waals surface area contributed by atoms with E-state index in [-0.39, 0.29) is 18.5 Å². The Balaban J connectivity index is 1.66. The lowest BCUT2D eigenvalue weighted by Crippen LogP contribution is -2.42. The van der Waals surface area contributed by atoms with E-state index in [1.807, 2.05) is 49.4 Å². The van der Waals surface area contributed by atoms with Gasteiger partial charge >= 0.3 is 6.03 Å². The molecule has 1 aromatic heterocycles. The third kappa shape index (κ3) is 6.63. The number of carbonyl (C=O) groups is 2. The molecule has 0 unspecified atom stereocenters. The van der Waals surface area contributed by atoms with Gasteiger partial charge in [-0.2, -0.15) is 0 Å². The summed E-state index contributed by atoms with van der Waals surface area (Å²) in [5.41, 5.74) is 3.12. The van der Waals surface area contributed by atoms with Gasteiger partial charge in [0.1, 0.15) is 0 Å². The second-order valence-electron chi connectivity index (χ2n) is 5.91. The maximum atomic E-state index is 12.0. The Hall–Kier alpha value is -2.89. The number of rotatable bonds is 7. The first-order valence-corrected chi connectivity index (χ1v) is 8.25. The van der Waals surface area contributed by atoms with E-state index in [9.17, 15) is 9.59 Å². The third-order valence-electron chi connectivity index (χ3n) is 3.83. The standard InChI is InChI=1S/C19H24N4O2/c1-15-6-8-16(9-7-15)13-21-19(25)22-14-18(24)23(2)12-10-17-5-3-4-11-20-17/h3-9,11H,10,12-14H2,1-2H3,(H2,21,22,25). The Morgan fingerprint density at radius 3 is 2.52 bits per heavy atom. The quantitative estimate of drug-likeness (QED) is 0.808. The van der Waals surface area contributed by atoms with E-state index >= 15 is 0 Å². The summed E-state index contributed by atoms with van der Waals surface area (Å²) in [6, 6.07) is 13.3. The van der Waals surface area contributed by atoms with Crippen molar-refractivity contribution < 1.29 is 9.59 Å². The molecule has 6 heteroatoms. The summed E-state index contributed by atoms with van der Waals surface area (Å²) in [4.78, 5) is 29.6. The summed E-state index contributed by atoms with van der Waals surface area (Å²) in [6.07, 6.45) is 2.42. The lowest BCUT2D eigenvalue weighted by Gasteiger charge is -2.17. The van der Waals surface area contributed by atoms with Crippen molar-refractivity contribution in [3.8, 4) is 0 Å². The zero-order valence-corrected chi connectivity index (χ0v) is 14.7. The summed E-state index contributed by atoms with van der Waals surface area (Å²) in [5, 5.41) is 5.33. The molecule has 0 radical (unpaired) electrons. The molecule has 0 saturated carbocycles. The Morgan fingerprint density at radius 2 is 1.84 bits per heavy atom. The van der Waals surface area contributed by atoms with Crippen LogP contribution in [0.2, 0.25) is 0 Å². The summed E-state index contributed by atoms with van der Waals surface area (Å²) in [7, 11) is 1.72. The van der Waals surface area contributed by atoms with Crippen molar-refractivity contribution in [2.24, 2.45) is 0 Å². The van der Waals surface area contributed by atoms with Crippen molar-refractivity contribution in [3.05, 3.63) is 65.5 Å². The number of carbonyl (C=O) groups excluding carboxylic acids is 2. The lowest BCUT2D eigenvalue weighted by atomic mass is 10.1. The number of aryl methyl sites for hydroxylation is 1. The SMILES string of the molecule is Cc1ccc(CNC(=O)NCC(=O)N(C)CCc2ccccn2)cc1. The van der Waals surface area contributed by atoms with Crippen molar-refractivity contribution >= 4 is 11.9 Å². The van der Waals surface area contributed by atoms with Gasteiger partial charge in [-0.15, -0.1) is 0 Å². The van der Waals surface area contributed by atoms with E-state index in [0.717, 1.165) is 11.3 Å². The molecule has 0 aliphatic carbocycles. The minimum Gasteiger partial charge on any atom is -0.344 e. The van der Waals surface area contributed by atoms with Crippen LogP contribution in [0.3, 0.4) is 0 Å². The van der Waals surface area contributed by atoms with Crippen LogP contribution in [0, 0.1) is 6.92 Å². The van der Waals surface area contributed by atoms with Gasteiger partial charge in [0.25, 0.3) is 0 Å². The molecular formula is C19H24N4O2. The monoisotopic (exact) mass is 340 g/mol. The van der Waals surface area contributed by atoms with Crippen molar-refractivity contribution in [1.82, 2.24) is 20.5 Å². The molecule has 3 amide bonds. The van der Waals surface area contributed by atoms with Crippen LogP contribution in [0.5, 0.6) is 0 Å². The first kappa shape index (κ1) is 18.4. The van der Waals surface area contributed by atoms with Gasteiger partial charge < -0.3 is 15.5 Å². The molecule has 6 nitrogen and oxygen atoms in total. The Morgan fingerprint density at radius 1 is 1.08 bits per heavy atom. The number of hydrogen-bond donors (Lipinski definition) is 2. The highest BCUT2D eigenvalue weighted by Gasteiger charge is 2.10. The number of urea groups is 1.